The number of nitrogens with one attached hydrogen (secondary N) is 2. The van der Waals surface area contributed by atoms with Crippen molar-refractivity contribution in [2.24, 2.45) is 0 Å². The molecule has 0 bridgehead atoms. The summed E-state index contributed by atoms with van der Waals surface area (Å²) in [6.07, 6.45) is 0. The largest absolute Gasteiger partial charge is 0.496 e. The number of methoxy groups -OCH3 is 1. The number of aromatic carboxylic acids is 2. The van der Waals surface area contributed by atoms with E-state index in [9.17, 15) is 29.4 Å². The van der Waals surface area contributed by atoms with Gasteiger partial charge in [-0.25, -0.2) is 19.0 Å². The van der Waals surface area contributed by atoms with Gasteiger partial charge in [0.05, 0.1) is 45.2 Å². The zero-order valence-corrected chi connectivity index (χ0v) is 24.2. The normalized spacial score (nSPS) is 11.2. The van der Waals surface area contributed by atoms with Crippen LogP contribution in [0.15, 0.2) is 80.8 Å². The van der Waals surface area contributed by atoms with Crippen LogP contribution in [-0.4, -0.2) is 48.8 Å². The van der Waals surface area contributed by atoms with Gasteiger partial charge in [0.1, 0.15) is 5.75 Å². The summed E-state index contributed by atoms with van der Waals surface area (Å²) in [6, 6.07) is 17.2. The van der Waals surface area contributed by atoms with Crippen LogP contribution in [0.2, 0.25) is 0 Å². The van der Waals surface area contributed by atoms with Crippen molar-refractivity contribution in [2.45, 2.75) is 19.8 Å². The molecule has 2 heterocycles. The predicted octanol–water partition coefficient (Wildman–Crippen LogP) is 4.61. The second-order valence-corrected chi connectivity index (χ2v) is 10.5. The van der Waals surface area contributed by atoms with E-state index in [0.29, 0.717) is 38.5 Å². The molecule has 214 valence electrons. The molecular formula is C30H25BrN4O7. The molecule has 5 aromatic rings. The highest BCUT2D eigenvalue weighted by Gasteiger charge is 2.31. The molecular weight excluding hydrogens is 608 g/mol. The van der Waals surface area contributed by atoms with E-state index in [1.54, 1.807) is 56.3 Å². The average Bonchev–Trinajstić information content (AvgIpc) is 3.43. The minimum Gasteiger partial charge on any atom is -0.496 e. The number of hydrogen-bond acceptors (Lipinski definition) is 5. The molecule has 0 aliphatic rings. The molecule has 0 unspecified atom stereocenters. The quantitative estimate of drug-likeness (QED) is 0.194. The number of hydrogen-bond donors (Lipinski definition) is 4. The maximum Gasteiger partial charge on any atom is 0.335 e. The summed E-state index contributed by atoms with van der Waals surface area (Å²) in [5.74, 6) is -2.58. The number of aromatic amines is 2. The van der Waals surface area contributed by atoms with E-state index in [1.165, 1.54) is 40.7 Å². The van der Waals surface area contributed by atoms with Crippen LogP contribution in [0.4, 0.5) is 0 Å². The average molecular weight is 633 g/mol. The number of rotatable bonds is 8. The minimum absolute atomic E-state index is 0.0109. The molecule has 0 saturated carbocycles. The molecule has 4 N–H and O–H groups in total. The second kappa shape index (κ2) is 11.1. The summed E-state index contributed by atoms with van der Waals surface area (Å²) >= 11 is 3.50. The van der Waals surface area contributed by atoms with Crippen LogP contribution in [0, 0.1) is 13.8 Å². The van der Waals surface area contributed by atoms with Gasteiger partial charge in [0, 0.05) is 17.3 Å². The van der Waals surface area contributed by atoms with Gasteiger partial charge in [0.15, 0.2) is 0 Å². The molecule has 0 amide bonds. The van der Waals surface area contributed by atoms with Crippen molar-refractivity contribution in [3.63, 3.8) is 0 Å². The molecule has 3 aromatic carbocycles. The minimum atomic E-state index is -1.13. The number of carbonyl (C=O) groups is 2. The predicted molar refractivity (Wildman–Crippen MR) is 158 cm³/mol. The molecule has 2 aromatic heterocycles. The Hall–Kier alpha value is -5.10. The number of H-pyrrole nitrogens is 2. The Labute approximate surface area is 246 Å². The first-order valence-corrected chi connectivity index (χ1v) is 13.4. The fraction of sp³-hybridized carbons (Fsp3) is 0.133. The van der Waals surface area contributed by atoms with E-state index < -0.39 is 29.0 Å². The van der Waals surface area contributed by atoms with Gasteiger partial charge in [0.2, 0.25) is 0 Å². The van der Waals surface area contributed by atoms with Gasteiger partial charge in [-0.3, -0.25) is 19.8 Å². The van der Waals surface area contributed by atoms with Gasteiger partial charge >= 0.3 is 11.9 Å². The number of benzene rings is 3. The molecule has 0 fully saturated rings. The summed E-state index contributed by atoms with van der Waals surface area (Å²) in [5.41, 5.74) is 1.83. The van der Waals surface area contributed by atoms with Gasteiger partial charge in [-0.05, 0) is 83.9 Å². The fourth-order valence-corrected chi connectivity index (χ4v) is 5.62. The zero-order chi connectivity index (χ0) is 30.3. The van der Waals surface area contributed by atoms with E-state index >= 15 is 0 Å². The van der Waals surface area contributed by atoms with Gasteiger partial charge < -0.3 is 14.9 Å². The molecule has 12 heteroatoms. The Morgan fingerprint density at radius 2 is 1.26 bits per heavy atom. The SMILES string of the molecule is COc1ccc(C(c2c(C)[nH]n(-c3cccc(C(=O)O)c3)c2=O)c2c(C)[nH]n(-c3cccc(C(=O)O)c3)c2=O)cc1Br. The van der Waals surface area contributed by atoms with Crippen molar-refractivity contribution >= 4 is 27.9 Å². The number of aryl methyl sites for hydroxylation is 2. The molecule has 0 spiro atoms. The lowest BCUT2D eigenvalue weighted by molar-refractivity contribution is 0.0686. The molecule has 11 nitrogen and oxygen atoms in total. The van der Waals surface area contributed by atoms with Gasteiger partial charge in [-0.15, -0.1) is 0 Å². The lowest BCUT2D eigenvalue weighted by Crippen LogP contribution is -2.25. The summed E-state index contributed by atoms with van der Waals surface area (Å²) < 4.78 is 8.49. The second-order valence-electron chi connectivity index (χ2n) is 9.62. The number of ether oxygens (including phenoxy) is 1. The van der Waals surface area contributed by atoms with E-state index in [0.717, 1.165) is 0 Å². The zero-order valence-electron chi connectivity index (χ0n) is 22.6. The number of aromatic nitrogens is 4. The van der Waals surface area contributed by atoms with Crippen LogP contribution in [0.3, 0.4) is 0 Å². The van der Waals surface area contributed by atoms with Crippen LogP contribution in [0.1, 0.15) is 54.7 Å². The van der Waals surface area contributed by atoms with Gasteiger partial charge in [0.25, 0.3) is 11.1 Å². The van der Waals surface area contributed by atoms with Crippen molar-refractivity contribution in [3.05, 3.63) is 131 Å². The first-order chi connectivity index (χ1) is 20.0. The monoisotopic (exact) mass is 632 g/mol. The number of nitrogens with zero attached hydrogens (tertiary/aromatic N) is 2. The summed E-state index contributed by atoms with van der Waals surface area (Å²) in [7, 11) is 1.53. The number of halogens is 1. The van der Waals surface area contributed by atoms with E-state index in [1.807, 2.05) is 0 Å². The maximum atomic E-state index is 14.1. The van der Waals surface area contributed by atoms with Crippen LogP contribution >= 0.6 is 15.9 Å². The van der Waals surface area contributed by atoms with E-state index in [-0.39, 0.29) is 22.3 Å². The number of carboxylic acids is 2. The van der Waals surface area contributed by atoms with Crippen molar-refractivity contribution < 1.29 is 24.5 Å². The highest BCUT2D eigenvalue weighted by Crippen LogP contribution is 2.36. The smallest absolute Gasteiger partial charge is 0.335 e. The van der Waals surface area contributed by atoms with E-state index in [4.69, 9.17) is 4.74 Å². The van der Waals surface area contributed by atoms with Gasteiger partial charge in [-0.1, -0.05) is 18.2 Å². The Morgan fingerprint density at radius 3 is 1.67 bits per heavy atom. The molecule has 5 rings (SSSR count). The highest BCUT2D eigenvalue weighted by molar-refractivity contribution is 9.10. The fourth-order valence-electron chi connectivity index (χ4n) is 5.06. The van der Waals surface area contributed by atoms with Crippen molar-refractivity contribution in [1.82, 2.24) is 19.6 Å². The van der Waals surface area contributed by atoms with Crippen LogP contribution in [-0.2, 0) is 0 Å². The third-order valence-electron chi connectivity index (χ3n) is 7.02. The first kappa shape index (κ1) is 28.4. The third-order valence-corrected chi connectivity index (χ3v) is 7.64. The molecule has 0 aliphatic carbocycles. The molecule has 0 radical (unpaired) electrons. The van der Waals surface area contributed by atoms with E-state index in [2.05, 4.69) is 26.1 Å². The lowest BCUT2D eigenvalue weighted by atomic mass is 9.85. The molecule has 0 atom stereocenters. The Morgan fingerprint density at radius 1 is 0.786 bits per heavy atom. The topological polar surface area (TPSA) is 159 Å². The van der Waals surface area contributed by atoms with Gasteiger partial charge in [-0.2, -0.15) is 0 Å². The summed E-state index contributed by atoms with van der Waals surface area (Å²) in [4.78, 5) is 51.2. The Bertz CT molecular complexity index is 1870. The van der Waals surface area contributed by atoms with Crippen LogP contribution in [0.25, 0.3) is 11.4 Å². The standard InChI is InChI=1S/C30H25BrN4O7/c1-15-24(27(36)34(32-15)20-8-4-6-18(12-20)29(38)39)26(17-10-11-23(42-3)22(31)14-17)25-16(2)33-35(28(25)37)21-9-5-7-19(13-21)30(40)41/h4-14,26,32-33H,1-3H3,(H,38,39)(H,40,41). The van der Waals surface area contributed by atoms with Crippen molar-refractivity contribution in [3.8, 4) is 17.1 Å². The van der Waals surface area contributed by atoms with Crippen molar-refractivity contribution in [2.75, 3.05) is 7.11 Å². The van der Waals surface area contributed by atoms with Crippen LogP contribution < -0.4 is 15.9 Å². The molecule has 0 aliphatic heterocycles. The van der Waals surface area contributed by atoms with Crippen molar-refractivity contribution in [1.29, 1.82) is 0 Å². The summed E-state index contributed by atoms with van der Waals surface area (Å²) in [6.45, 7) is 3.41. The number of carboxylic acid groups (broad SMARTS) is 2. The molecule has 42 heavy (non-hydrogen) atoms. The summed E-state index contributed by atoms with van der Waals surface area (Å²) in [5, 5.41) is 25.0. The van der Waals surface area contributed by atoms with Crippen LogP contribution in [0.5, 0.6) is 5.75 Å². The highest BCUT2D eigenvalue weighted by atomic mass is 79.9. The molecule has 0 saturated heterocycles. The maximum absolute atomic E-state index is 14.1. The third kappa shape index (κ3) is 4.96. The Balaban J connectivity index is 1.77. The first-order valence-electron chi connectivity index (χ1n) is 12.7. The Kier molecular flexibility index (Phi) is 7.48. The lowest BCUT2D eigenvalue weighted by Gasteiger charge is -2.17.